The molecule has 4 aliphatic carbocycles. The first-order chi connectivity index (χ1) is 16.3. The maximum absolute atomic E-state index is 13.4. The van der Waals surface area contributed by atoms with Gasteiger partial charge in [0.15, 0.2) is 5.60 Å². The number of carbonyl (C=O) groups is 2. The first-order valence-electron chi connectivity index (χ1n) is 12.4. The molecule has 2 unspecified atom stereocenters. The number of primary amides is 1. The van der Waals surface area contributed by atoms with Crippen molar-refractivity contribution in [3.05, 3.63) is 23.2 Å². The third kappa shape index (κ3) is 4.67. The van der Waals surface area contributed by atoms with Crippen LogP contribution < -0.4 is 15.8 Å². The van der Waals surface area contributed by atoms with E-state index in [4.69, 9.17) is 22.1 Å². The number of nitrogens with two attached hydrogens (primary N) is 1. The van der Waals surface area contributed by atoms with Crippen molar-refractivity contribution in [1.29, 1.82) is 0 Å². The van der Waals surface area contributed by atoms with Crippen LogP contribution in [0.3, 0.4) is 0 Å². The highest BCUT2D eigenvalue weighted by Gasteiger charge is 2.58. The van der Waals surface area contributed by atoms with Gasteiger partial charge in [-0.3, -0.25) is 9.59 Å². The molecule has 0 spiro atoms. The molecule has 1 aromatic carbocycles. The smallest absolute Gasteiger partial charge is 0.263 e. The second kappa shape index (κ2) is 9.23. The Hall–Kier alpha value is -1.84. The molecule has 0 aliphatic heterocycles. The maximum atomic E-state index is 13.4. The normalized spacial score (nSPS) is 29.9. The number of carbonyl (C=O) groups excluding carboxylic acids is 2. The number of hydrogen-bond donors (Lipinski definition) is 2. The zero-order valence-corrected chi connectivity index (χ0v) is 22.4. The van der Waals surface area contributed by atoms with Gasteiger partial charge in [-0.05, 0) is 81.9 Å². The number of amides is 2. The average Bonchev–Trinajstić information content (AvgIpc) is 2.77. The fourth-order valence-electron chi connectivity index (χ4n) is 6.68. The third-order valence-corrected chi connectivity index (χ3v) is 10.5. The van der Waals surface area contributed by atoms with Gasteiger partial charge in [0.25, 0.3) is 5.91 Å². The highest BCUT2D eigenvalue weighted by molar-refractivity contribution is 7.89. The SMILES string of the molecule is CCN(CC)S(=O)(=O)c1cc(Cl)ccc1OC(C)(C)C(=O)NC1C2CC3CC1CC(C(N)=O)(C3)C2. The molecule has 0 radical (unpaired) electrons. The van der Waals surface area contributed by atoms with Crippen molar-refractivity contribution in [2.75, 3.05) is 13.1 Å². The summed E-state index contributed by atoms with van der Waals surface area (Å²) >= 11 is 6.13. The number of sulfonamides is 1. The molecule has 4 saturated carbocycles. The fourth-order valence-corrected chi connectivity index (χ4v) is 8.51. The molecule has 5 rings (SSSR count). The van der Waals surface area contributed by atoms with Crippen LogP contribution in [0.25, 0.3) is 0 Å². The minimum atomic E-state index is -3.86. The zero-order chi connectivity index (χ0) is 25.8. The van der Waals surface area contributed by atoms with E-state index in [0.29, 0.717) is 31.8 Å². The van der Waals surface area contributed by atoms with Crippen LogP contribution in [0.2, 0.25) is 5.02 Å². The van der Waals surface area contributed by atoms with E-state index in [1.807, 2.05) is 0 Å². The second-order valence-corrected chi connectivity index (χ2v) is 13.2. The topological polar surface area (TPSA) is 119 Å². The Labute approximate surface area is 212 Å². The van der Waals surface area contributed by atoms with E-state index in [9.17, 15) is 18.0 Å². The van der Waals surface area contributed by atoms with Crippen molar-refractivity contribution in [2.45, 2.75) is 76.3 Å². The highest BCUT2D eigenvalue weighted by Crippen LogP contribution is 2.60. The van der Waals surface area contributed by atoms with E-state index >= 15 is 0 Å². The molecule has 0 saturated heterocycles. The molecule has 194 valence electrons. The van der Waals surface area contributed by atoms with Crippen LogP contribution >= 0.6 is 11.6 Å². The molecule has 1 aromatic rings. The quantitative estimate of drug-likeness (QED) is 0.512. The molecule has 4 bridgehead atoms. The summed E-state index contributed by atoms with van der Waals surface area (Å²) in [6.07, 6.45) is 4.27. The number of hydrogen-bond acceptors (Lipinski definition) is 5. The molecule has 8 nitrogen and oxygen atoms in total. The van der Waals surface area contributed by atoms with Crippen molar-refractivity contribution in [3.8, 4) is 5.75 Å². The molecule has 2 atom stereocenters. The van der Waals surface area contributed by atoms with Gasteiger partial charge in [-0.2, -0.15) is 4.31 Å². The summed E-state index contributed by atoms with van der Waals surface area (Å²) in [5, 5.41) is 3.46. The van der Waals surface area contributed by atoms with Crippen molar-refractivity contribution < 1.29 is 22.7 Å². The van der Waals surface area contributed by atoms with Gasteiger partial charge in [0.2, 0.25) is 15.9 Å². The minimum absolute atomic E-state index is 0.0431. The number of halogens is 1. The average molecular weight is 526 g/mol. The molecule has 10 heteroatoms. The summed E-state index contributed by atoms with van der Waals surface area (Å²) < 4.78 is 33.9. The lowest BCUT2D eigenvalue weighted by Crippen LogP contribution is -2.64. The first-order valence-corrected chi connectivity index (χ1v) is 14.2. The fraction of sp³-hybridized carbons (Fsp3) is 0.680. The highest BCUT2D eigenvalue weighted by atomic mass is 35.5. The van der Waals surface area contributed by atoms with Gasteiger partial charge in [-0.25, -0.2) is 8.42 Å². The molecular formula is C25H36ClN3O5S. The number of nitrogens with zero attached hydrogens (tertiary/aromatic N) is 1. The molecule has 4 fully saturated rings. The summed E-state index contributed by atoms with van der Waals surface area (Å²) in [5.41, 5.74) is 4.02. The molecule has 35 heavy (non-hydrogen) atoms. The second-order valence-electron chi connectivity index (χ2n) is 10.9. The Kier molecular flexibility index (Phi) is 6.92. The van der Waals surface area contributed by atoms with Crippen LogP contribution in [0, 0.1) is 23.2 Å². The molecule has 3 N–H and O–H groups in total. The van der Waals surface area contributed by atoms with Crippen molar-refractivity contribution in [3.63, 3.8) is 0 Å². The maximum Gasteiger partial charge on any atom is 0.263 e. The van der Waals surface area contributed by atoms with Crippen LogP contribution in [0.5, 0.6) is 5.75 Å². The number of benzene rings is 1. The molecule has 4 aliphatic rings. The lowest BCUT2D eigenvalue weighted by Gasteiger charge is -2.59. The van der Waals surface area contributed by atoms with E-state index in [2.05, 4.69) is 5.32 Å². The standard InChI is InChI=1S/C25H36ClN3O5S/c1-5-29(6-2)35(32,33)20-11-18(26)7-8-19(20)34-24(3,4)23(31)28-21-16-9-15-10-17(21)14-25(12-15,13-16)22(27)30/h7-8,11,15-17,21H,5-6,9-10,12-14H2,1-4H3,(H2,27,30)(H,28,31). The minimum Gasteiger partial charge on any atom is -0.477 e. The van der Waals surface area contributed by atoms with Gasteiger partial charge in [0, 0.05) is 29.6 Å². The van der Waals surface area contributed by atoms with Crippen molar-refractivity contribution in [2.24, 2.45) is 28.9 Å². The summed E-state index contributed by atoms with van der Waals surface area (Å²) in [4.78, 5) is 25.6. The van der Waals surface area contributed by atoms with E-state index in [-0.39, 0.29) is 45.4 Å². The number of rotatable bonds is 9. The molecular weight excluding hydrogens is 490 g/mol. The molecule has 0 heterocycles. The first kappa shape index (κ1) is 26.2. The van der Waals surface area contributed by atoms with E-state index in [1.54, 1.807) is 33.8 Å². The van der Waals surface area contributed by atoms with E-state index in [1.165, 1.54) is 16.4 Å². The van der Waals surface area contributed by atoms with Crippen LogP contribution in [-0.2, 0) is 19.6 Å². The lowest BCUT2D eigenvalue weighted by molar-refractivity contribution is -0.150. The summed E-state index contributed by atoms with van der Waals surface area (Å²) in [6, 6.07) is 4.36. The largest absolute Gasteiger partial charge is 0.477 e. The Bertz CT molecular complexity index is 1100. The zero-order valence-electron chi connectivity index (χ0n) is 20.8. The van der Waals surface area contributed by atoms with E-state index < -0.39 is 21.0 Å². The number of nitrogens with one attached hydrogen (secondary N) is 1. The Morgan fingerprint density at radius 3 is 2.31 bits per heavy atom. The van der Waals surface area contributed by atoms with Crippen LogP contribution in [0.15, 0.2) is 23.1 Å². The molecule has 2 amide bonds. The van der Waals surface area contributed by atoms with Crippen LogP contribution in [-0.4, -0.2) is 49.3 Å². The van der Waals surface area contributed by atoms with Crippen LogP contribution in [0.4, 0.5) is 0 Å². The predicted molar refractivity (Wildman–Crippen MR) is 133 cm³/mol. The lowest BCUT2D eigenvalue weighted by atomic mass is 9.47. The van der Waals surface area contributed by atoms with Crippen molar-refractivity contribution in [1.82, 2.24) is 9.62 Å². The predicted octanol–water partition coefficient (Wildman–Crippen LogP) is 3.32. The summed E-state index contributed by atoms with van der Waals surface area (Å²) in [6.45, 7) is 7.38. The van der Waals surface area contributed by atoms with Gasteiger partial charge in [0.1, 0.15) is 10.6 Å². The van der Waals surface area contributed by atoms with Gasteiger partial charge < -0.3 is 15.8 Å². The van der Waals surface area contributed by atoms with Gasteiger partial charge in [-0.1, -0.05) is 25.4 Å². The number of ether oxygens (including phenoxy) is 1. The van der Waals surface area contributed by atoms with Gasteiger partial charge in [0.05, 0.1) is 0 Å². The van der Waals surface area contributed by atoms with Crippen molar-refractivity contribution >= 4 is 33.4 Å². The van der Waals surface area contributed by atoms with E-state index in [0.717, 1.165) is 19.3 Å². The molecule has 0 aromatic heterocycles. The van der Waals surface area contributed by atoms with Crippen LogP contribution in [0.1, 0.15) is 59.8 Å². The Morgan fingerprint density at radius 2 is 1.77 bits per heavy atom. The Morgan fingerprint density at radius 1 is 1.17 bits per heavy atom. The van der Waals surface area contributed by atoms with Gasteiger partial charge >= 0.3 is 0 Å². The van der Waals surface area contributed by atoms with Gasteiger partial charge in [-0.15, -0.1) is 0 Å². The Balaban J connectivity index is 1.54. The monoisotopic (exact) mass is 525 g/mol. The summed E-state index contributed by atoms with van der Waals surface area (Å²) in [7, 11) is -3.86. The third-order valence-electron chi connectivity index (χ3n) is 8.23. The summed E-state index contributed by atoms with van der Waals surface area (Å²) in [5.74, 6) is 0.461.